The number of benzene rings is 1. The zero-order valence-corrected chi connectivity index (χ0v) is 17.3. The first-order valence-electron chi connectivity index (χ1n) is 10.2. The van der Waals surface area contributed by atoms with Gasteiger partial charge in [-0.15, -0.1) is 0 Å². The molecule has 3 rings (SSSR count). The van der Waals surface area contributed by atoms with E-state index in [1.807, 2.05) is 30.5 Å². The summed E-state index contributed by atoms with van der Waals surface area (Å²) >= 11 is 5.91. The summed E-state index contributed by atoms with van der Waals surface area (Å²) in [4.78, 5) is 14.5. The Labute approximate surface area is 172 Å². The van der Waals surface area contributed by atoms with E-state index in [0.29, 0.717) is 24.2 Å². The van der Waals surface area contributed by atoms with Gasteiger partial charge in [0.15, 0.2) is 0 Å². The average molecular weight is 404 g/mol. The summed E-state index contributed by atoms with van der Waals surface area (Å²) in [6, 6.07) is 8.05. The number of carbonyl (C=O) groups excluding carboxylic acids is 1. The van der Waals surface area contributed by atoms with E-state index < -0.39 is 0 Å². The molecule has 0 spiro atoms. The van der Waals surface area contributed by atoms with Crippen molar-refractivity contribution >= 4 is 17.6 Å². The van der Waals surface area contributed by atoms with Gasteiger partial charge in [0.05, 0.1) is 11.9 Å². The number of carbonyl (C=O) groups is 1. The highest BCUT2D eigenvalue weighted by Gasteiger charge is 2.17. The van der Waals surface area contributed by atoms with Crippen LogP contribution in [0.2, 0.25) is 5.02 Å². The molecule has 1 saturated heterocycles. The number of hydrogen-bond donors (Lipinski definition) is 2. The lowest BCUT2D eigenvalue weighted by atomic mass is 10.0. The molecule has 2 aromatic rings. The van der Waals surface area contributed by atoms with Crippen LogP contribution in [-0.2, 0) is 6.54 Å². The highest BCUT2D eigenvalue weighted by atomic mass is 35.5. The molecule has 28 heavy (non-hydrogen) atoms. The summed E-state index contributed by atoms with van der Waals surface area (Å²) in [5.41, 5.74) is 1.88. The number of likely N-dealkylation sites (tertiary alicyclic amines) is 1. The van der Waals surface area contributed by atoms with Crippen molar-refractivity contribution in [2.75, 3.05) is 19.6 Å². The Balaban J connectivity index is 1.31. The average Bonchev–Trinajstić information content (AvgIpc) is 3.17. The molecule has 1 atom stereocenters. The van der Waals surface area contributed by atoms with Crippen LogP contribution in [0.3, 0.4) is 0 Å². The van der Waals surface area contributed by atoms with Crippen LogP contribution in [-0.4, -0.2) is 46.4 Å². The van der Waals surface area contributed by atoms with Crippen molar-refractivity contribution < 1.29 is 4.79 Å². The molecule has 7 heteroatoms. The van der Waals surface area contributed by atoms with E-state index in [0.717, 1.165) is 30.6 Å². The third-order valence-corrected chi connectivity index (χ3v) is 5.53. The molecule has 152 valence electrons. The standard InChI is InChI=1S/C21H30ClN5O/c1-17-6-2-4-12-26(17)13-5-3-11-23-21(28)24-14-18-15-25-27(16-18)20-9-7-19(22)8-10-20/h7-10,15-17H,2-6,11-14H2,1H3,(H2,23,24,28). The lowest BCUT2D eigenvalue weighted by molar-refractivity contribution is 0.158. The highest BCUT2D eigenvalue weighted by Crippen LogP contribution is 2.16. The highest BCUT2D eigenvalue weighted by molar-refractivity contribution is 6.30. The minimum atomic E-state index is -0.134. The zero-order valence-electron chi connectivity index (χ0n) is 16.5. The molecule has 1 aromatic carbocycles. The van der Waals surface area contributed by atoms with Gasteiger partial charge in [0.2, 0.25) is 0 Å². The van der Waals surface area contributed by atoms with Gasteiger partial charge in [-0.3, -0.25) is 0 Å². The van der Waals surface area contributed by atoms with Gasteiger partial charge in [-0.05, 0) is 70.0 Å². The van der Waals surface area contributed by atoms with Crippen LogP contribution in [0, 0.1) is 0 Å². The molecular formula is C21H30ClN5O. The number of urea groups is 1. The van der Waals surface area contributed by atoms with Gasteiger partial charge in [-0.1, -0.05) is 18.0 Å². The molecule has 0 aliphatic carbocycles. The van der Waals surface area contributed by atoms with Crippen LogP contribution in [0.15, 0.2) is 36.7 Å². The quantitative estimate of drug-likeness (QED) is 0.655. The fourth-order valence-corrected chi connectivity index (χ4v) is 3.69. The van der Waals surface area contributed by atoms with Crippen molar-refractivity contribution in [3.05, 3.63) is 47.2 Å². The molecule has 1 fully saturated rings. The molecule has 2 N–H and O–H groups in total. The Morgan fingerprint density at radius 2 is 2.04 bits per heavy atom. The number of nitrogens with zero attached hydrogens (tertiary/aromatic N) is 3. The van der Waals surface area contributed by atoms with Gasteiger partial charge in [0.25, 0.3) is 0 Å². The number of rotatable bonds is 8. The number of halogens is 1. The third-order valence-electron chi connectivity index (χ3n) is 5.28. The molecule has 1 aromatic heterocycles. The Morgan fingerprint density at radius 1 is 1.21 bits per heavy atom. The summed E-state index contributed by atoms with van der Waals surface area (Å²) in [6.45, 7) is 5.83. The Hall–Kier alpha value is -2.05. The lowest BCUT2D eigenvalue weighted by Crippen LogP contribution is -2.38. The van der Waals surface area contributed by atoms with Gasteiger partial charge in [0, 0.05) is 35.9 Å². The van der Waals surface area contributed by atoms with E-state index in [1.54, 1.807) is 10.9 Å². The maximum Gasteiger partial charge on any atom is 0.315 e. The number of nitrogens with one attached hydrogen (secondary N) is 2. The van der Waals surface area contributed by atoms with Gasteiger partial charge >= 0.3 is 6.03 Å². The Morgan fingerprint density at radius 3 is 2.82 bits per heavy atom. The second-order valence-corrected chi connectivity index (χ2v) is 7.90. The SMILES string of the molecule is CC1CCCCN1CCCCNC(=O)NCc1cnn(-c2ccc(Cl)cc2)c1. The number of piperidine rings is 1. The minimum Gasteiger partial charge on any atom is -0.338 e. The molecule has 0 saturated carbocycles. The van der Waals surface area contributed by atoms with E-state index in [9.17, 15) is 4.79 Å². The van der Waals surface area contributed by atoms with E-state index in [2.05, 4.69) is 27.6 Å². The normalized spacial score (nSPS) is 17.4. The van der Waals surface area contributed by atoms with E-state index in [1.165, 1.54) is 25.8 Å². The molecule has 0 bridgehead atoms. The summed E-state index contributed by atoms with van der Waals surface area (Å²) in [5, 5.41) is 10.8. The predicted molar refractivity (Wildman–Crippen MR) is 113 cm³/mol. The van der Waals surface area contributed by atoms with Crippen LogP contribution in [0.5, 0.6) is 0 Å². The summed E-state index contributed by atoms with van der Waals surface area (Å²) < 4.78 is 1.77. The molecule has 0 radical (unpaired) electrons. The fourth-order valence-electron chi connectivity index (χ4n) is 3.56. The maximum absolute atomic E-state index is 12.0. The Kier molecular flexibility index (Phi) is 7.74. The van der Waals surface area contributed by atoms with Crippen LogP contribution in [0.1, 0.15) is 44.6 Å². The van der Waals surface area contributed by atoms with E-state index >= 15 is 0 Å². The van der Waals surface area contributed by atoms with Gasteiger partial charge in [0.1, 0.15) is 0 Å². The van der Waals surface area contributed by atoms with Crippen molar-refractivity contribution in [3.63, 3.8) is 0 Å². The fraction of sp³-hybridized carbons (Fsp3) is 0.524. The second kappa shape index (κ2) is 10.5. The maximum atomic E-state index is 12.0. The number of unbranched alkanes of at least 4 members (excludes halogenated alkanes) is 1. The first-order valence-corrected chi connectivity index (χ1v) is 10.5. The van der Waals surface area contributed by atoms with Gasteiger partial charge in [-0.2, -0.15) is 5.10 Å². The van der Waals surface area contributed by atoms with Crippen molar-refractivity contribution in [3.8, 4) is 5.69 Å². The molecule has 1 unspecified atom stereocenters. The lowest BCUT2D eigenvalue weighted by Gasteiger charge is -2.33. The van der Waals surface area contributed by atoms with Crippen molar-refractivity contribution in [1.82, 2.24) is 25.3 Å². The molecular weight excluding hydrogens is 374 g/mol. The van der Waals surface area contributed by atoms with Crippen LogP contribution < -0.4 is 10.6 Å². The van der Waals surface area contributed by atoms with Gasteiger partial charge in [-0.25, -0.2) is 9.48 Å². The van der Waals surface area contributed by atoms with Crippen LogP contribution >= 0.6 is 11.6 Å². The molecule has 1 aliphatic rings. The second-order valence-electron chi connectivity index (χ2n) is 7.47. The monoisotopic (exact) mass is 403 g/mol. The molecule has 1 aliphatic heterocycles. The van der Waals surface area contributed by atoms with E-state index in [4.69, 9.17) is 11.6 Å². The largest absolute Gasteiger partial charge is 0.338 e. The number of aromatic nitrogens is 2. The number of hydrogen-bond acceptors (Lipinski definition) is 3. The summed E-state index contributed by atoms with van der Waals surface area (Å²) in [6.07, 6.45) is 9.79. The molecule has 2 heterocycles. The number of amides is 2. The summed E-state index contributed by atoms with van der Waals surface area (Å²) in [5.74, 6) is 0. The Bertz CT molecular complexity index is 746. The predicted octanol–water partition coefficient (Wildman–Crippen LogP) is 3.98. The topological polar surface area (TPSA) is 62.2 Å². The minimum absolute atomic E-state index is 0.134. The summed E-state index contributed by atoms with van der Waals surface area (Å²) in [7, 11) is 0. The first-order chi connectivity index (χ1) is 13.6. The van der Waals surface area contributed by atoms with E-state index in [-0.39, 0.29) is 6.03 Å². The first kappa shape index (κ1) is 20.7. The van der Waals surface area contributed by atoms with Crippen LogP contribution in [0.4, 0.5) is 4.79 Å². The van der Waals surface area contributed by atoms with Crippen molar-refractivity contribution in [2.45, 2.75) is 51.6 Å². The van der Waals surface area contributed by atoms with Gasteiger partial charge < -0.3 is 15.5 Å². The zero-order chi connectivity index (χ0) is 19.8. The molecule has 6 nitrogen and oxygen atoms in total. The van der Waals surface area contributed by atoms with Crippen molar-refractivity contribution in [1.29, 1.82) is 0 Å². The van der Waals surface area contributed by atoms with Crippen LogP contribution in [0.25, 0.3) is 5.69 Å². The van der Waals surface area contributed by atoms with Crippen molar-refractivity contribution in [2.24, 2.45) is 0 Å². The third kappa shape index (κ3) is 6.24. The smallest absolute Gasteiger partial charge is 0.315 e. The molecule has 2 amide bonds.